The topological polar surface area (TPSA) is 48.5 Å². The summed E-state index contributed by atoms with van der Waals surface area (Å²) in [7, 11) is 0. The molecule has 0 aliphatic heterocycles. The lowest BCUT2D eigenvalue weighted by Gasteiger charge is -2.30. The van der Waals surface area contributed by atoms with Gasteiger partial charge in [-0.2, -0.15) is 9.97 Å². The molecule has 3 heterocycles. The molecule has 9 aromatic carbocycles. The maximum atomic E-state index is 5.44. The summed E-state index contributed by atoms with van der Waals surface area (Å²) in [5.41, 5.74) is 17.1. The van der Waals surface area contributed by atoms with Gasteiger partial charge in [0.1, 0.15) is 0 Å². The Bertz CT molecular complexity index is 3770. The summed E-state index contributed by atoms with van der Waals surface area (Å²) in [6.07, 6.45) is 0. The zero-order valence-corrected chi connectivity index (χ0v) is 33.9. The third-order valence-corrected chi connectivity index (χ3v) is 13.6. The molecule has 2 aliphatic rings. The van der Waals surface area contributed by atoms with Crippen molar-refractivity contribution in [1.82, 2.24) is 24.1 Å². The highest BCUT2D eigenvalue weighted by molar-refractivity contribution is 6.13. The zero-order chi connectivity index (χ0) is 41.2. The molecule has 12 aromatic rings. The molecule has 14 rings (SSSR count). The molecule has 0 unspecified atom stereocenters. The van der Waals surface area contributed by atoms with E-state index in [-0.39, 0.29) is 0 Å². The normalized spacial score (nSPS) is 13.2. The molecule has 5 heteroatoms. The second-order valence-corrected chi connectivity index (χ2v) is 16.7. The first-order valence-electron chi connectivity index (χ1n) is 21.5. The Morgan fingerprint density at radius 3 is 1.40 bits per heavy atom. The zero-order valence-electron chi connectivity index (χ0n) is 33.9. The Morgan fingerprint density at radius 1 is 0.302 bits per heavy atom. The molecule has 0 N–H and O–H groups in total. The molecule has 5 nitrogen and oxygen atoms in total. The highest BCUT2D eigenvalue weighted by Crippen LogP contribution is 2.63. The van der Waals surface area contributed by atoms with Crippen LogP contribution in [0.2, 0.25) is 0 Å². The Balaban J connectivity index is 1.04. The predicted molar refractivity (Wildman–Crippen MR) is 256 cm³/mol. The van der Waals surface area contributed by atoms with Crippen LogP contribution in [0.5, 0.6) is 0 Å². The minimum absolute atomic E-state index is 0.485. The summed E-state index contributed by atoms with van der Waals surface area (Å²) in [5.74, 6) is 1.80. The van der Waals surface area contributed by atoms with Gasteiger partial charge >= 0.3 is 0 Å². The minimum atomic E-state index is -0.485. The molecule has 3 aromatic heterocycles. The van der Waals surface area contributed by atoms with Crippen LogP contribution in [0, 0.1) is 0 Å². The molecule has 0 atom stereocenters. The van der Waals surface area contributed by atoms with E-state index in [1.807, 2.05) is 18.2 Å². The fourth-order valence-corrected chi connectivity index (χ4v) is 11.1. The van der Waals surface area contributed by atoms with Gasteiger partial charge in [-0.1, -0.05) is 170 Å². The SMILES string of the molecule is c1ccc(-c2nc(-c3cccc(-n4c5ccccc5c5ccccc54)c3)nc(-n3c4ccccc4c4cc5c(cc43)C3(c4ccccc4-c4ccccc43)c3ccccc3-5)n2)cc1. The van der Waals surface area contributed by atoms with Gasteiger partial charge in [-0.25, -0.2) is 4.98 Å². The fourth-order valence-electron chi connectivity index (χ4n) is 11.1. The van der Waals surface area contributed by atoms with Crippen molar-refractivity contribution >= 4 is 43.6 Å². The third-order valence-electron chi connectivity index (χ3n) is 13.6. The van der Waals surface area contributed by atoms with Crippen LogP contribution in [-0.2, 0) is 5.41 Å². The van der Waals surface area contributed by atoms with E-state index in [0.29, 0.717) is 17.6 Å². The van der Waals surface area contributed by atoms with E-state index in [1.165, 1.54) is 55.3 Å². The van der Waals surface area contributed by atoms with Crippen molar-refractivity contribution in [2.75, 3.05) is 0 Å². The van der Waals surface area contributed by atoms with Gasteiger partial charge in [0.25, 0.3) is 0 Å². The molecular formula is C58H35N5. The molecule has 0 bridgehead atoms. The van der Waals surface area contributed by atoms with Crippen LogP contribution < -0.4 is 0 Å². The summed E-state index contributed by atoms with van der Waals surface area (Å²) in [6, 6.07) is 76.6. The van der Waals surface area contributed by atoms with E-state index >= 15 is 0 Å². The summed E-state index contributed by atoms with van der Waals surface area (Å²) in [4.78, 5) is 16.0. The van der Waals surface area contributed by atoms with Crippen LogP contribution in [0.15, 0.2) is 212 Å². The lowest BCUT2D eigenvalue weighted by molar-refractivity contribution is 0.794. The smallest absolute Gasteiger partial charge is 0.238 e. The minimum Gasteiger partial charge on any atom is -0.309 e. The maximum absolute atomic E-state index is 5.44. The predicted octanol–water partition coefficient (Wildman–Crippen LogP) is 13.7. The first kappa shape index (κ1) is 34.3. The molecular weight excluding hydrogens is 767 g/mol. The van der Waals surface area contributed by atoms with Crippen LogP contribution in [-0.4, -0.2) is 24.1 Å². The monoisotopic (exact) mass is 801 g/mol. The van der Waals surface area contributed by atoms with Gasteiger partial charge < -0.3 is 4.57 Å². The van der Waals surface area contributed by atoms with Crippen LogP contribution in [0.1, 0.15) is 22.3 Å². The first-order chi connectivity index (χ1) is 31.3. The molecule has 0 radical (unpaired) electrons. The lowest BCUT2D eigenvalue weighted by atomic mass is 9.70. The molecule has 2 aliphatic carbocycles. The number of hydrogen-bond acceptors (Lipinski definition) is 3. The molecule has 63 heavy (non-hydrogen) atoms. The second kappa shape index (κ2) is 12.8. The lowest BCUT2D eigenvalue weighted by Crippen LogP contribution is -2.25. The number of nitrogens with zero attached hydrogens (tertiary/aromatic N) is 5. The van der Waals surface area contributed by atoms with Gasteiger partial charge in [0, 0.05) is 38.4 Å². The third kappa shape index (κ3) is 4.63. The van der Waals surface area contributed by atoms with E-state index in [4.69, 9.17) is 15.0 Å². The van der Waals surface area contributed by atoms with Crippen molar-refractivity contribution < 1.29 is 0 Å². The van der Waals surface area contributed by atoms with Crippen molar-refractivity contribution in [3.8, 4) is 56.7 Å². The molecule has 0 amide bonds. The van der Waals surface area contributed by atoms with Crippen molar-refractivity contribution in [3.05, 3.63) is 235 Å². The van der Waals surface area contributed by atoms with Gasteiger partial charge in [-0.15, -0.1) is 0 Å². The Morgan fingerprint density at radius 2 is 0.778 bits per heavy atom. The number of hydrogen-bond donors (Lipinski definition) is 0. The summed E-state index contributed by atoms with van der Waals surface area (Å²) < 4.78 is 4.61. The van der Waals surface area contributed by atoms with Crippen molar-refractivity contribution in [3.63, 3.8) is 0 Å². The number of rotatable bonds is 4. The summed E-state index contributed by atoms with van der Waals surface area (Å²) in [5, 5.41) is 4.75. The summed E-state index contributed by atoms with van der Waals surface area (Å²) >= 11 is 0. The Kier molecular flexibility index (Phi) is 6.97. The number of fused-ring (bicyclic) bond motifs is 16. The van der Waals surface area contributed by atoms with Crippen LogP contribution in [0.25, 0.3) is 100 Å². The summed E-state index contributed by atoms with van der Waals surface area (Å²) in [6.45, 7) is 0. The van der Waals surface area contributed by atoms with Crippen molar-refractivity contribution in [1.29, 1.82) is 0 Å². The van der Waals surface area contributed by atoms with E-state index in [1.54, 1.807) is 0 Å². The fraction of sp³-hybridized carbons (Fsp3) is 0.0172. The van der Waals surface area contributed by atoms with E-state index in [9.17, 15) is 0 Å². The van der Waals surface area contributed by atoms with E-state index in [2.05, 4.69) is 203 Å². The van der Waals surface area contributed by atoms with Gasteiger partial charge in [0.15, 0.2) is 11.6 Å². The van der Waals surface area contributed by atoms with Gasteiger partial charge in [-0.3, -0.25) is 4.57 Å². The molecule has 0 saturated heterocycles. The maximum Gasteiger partial charge on any atom is 0.238 e. The first-order valence-corrected chi connectivity index (χ1v) is 21.5. The van der Waals surface area contributed by atoms with Crippen LogP contribution in [0.3, 0.4) is 0 Å². The molecule has 1 spiro atoms. The second-order valence-electron chi connectivity index (χ2n) is 16.7. The Labute approximate surface area is 362 Å². The quantitative estimate of drug-likeness (QED) is 0.178. The number of para-hydroxylation sites is 3. The van der Waals surface area contributed by atoms with E-state index in [0.717, 1.165) is 49.7 Å². The molecule has 0 saturated carbocycles. The highest BCUT2D eigenvalue weighted by atomic mass is 15.2. The average Bonchev–Trinajstić information content (AvgIpc) is 4.05. The van der Waals surface area contributed by atoms with Crippen molar-refractivity contribution in [2.24, 2.45) is 0 Å². The Hall–Kier alpha value is -8.41. The van der Waals surface area contributed by atoms with Gasteiger partial charge in [0.2, 0.25) is 5.95 Å². The van der Waals surface area contributed by atoms with Crippen molar-refractivity contribution in [2.45, 2.75) is 5.41 Å². The van der Waals surface area contributed by atoms with Crippen LogP contribution in [0.4, 0.5) is 0 Å². The number of aromatic nitrogens is 5. The highest BCUT2D eigenvalue weighted by Gasteiger charge is 2.51. The van der Waals surface area contributed by atoms with Crippen LogP contribution >= 0.6 is 0 Å². The average molecular weight is 802 g/mol. The van der Waals surface area contributed by atoms with Gasteiger partial charge in [-0.05, 0) is 87.0 Å². The molecule has 0 fully saturated rings. The van der Waals surface area contributed by atoms with E-state index < -0.39 is 5.41 Å². The van der Waals surface area contributed by atoms with Gasteiger partial charge in [0.05, 0.1) is 27.5 Å². The molecule has 292 valence electrons. The largest absolute Gasteiger partial charge is 0.309 e. The standard InChI is InChI=1S/C58H35N5/c1-2-17-36(18-3-1)55-59-56(37-19-16-20-38(33-37)62-51-30-13-7-24-42(51)43-25-8-14-31-52(43)62)61-57(60-55)63-53-32-15-9-26-44(53)46-34-45-41-23-6-12-29-49(41)58(50(45)35-54(46)63)47-27-10-4-21-39(47)40-22-5-11-28-48(40)58/h1-35H. The number of benzene rings is 9.